The molecule has 0 atom stereocenters. The average Bonchev–Trinajstić information content (AvgIpc) is 1.65. The second-order valence-electron chi connectivity index (χ2n) is 0.690. The quantitative estimate of drug-likeness (QED) is 0.453. The number of rotatable bonds is 1. The Kier molecular flexibility index (Phi) is 3.71. The van der Waals surface area contributed by atoms with E-state index in [9.17, 15) is 8.78 Å². The summed E-state index contributed by atoms with van der Waals surface area (Å²) in [5.74, 6) is -0.712. The summed E-state index contributed by atoms with van der Waals surface area (Å²) in [4.78, 5) is 0. The summed E-state index contributed by atoms with van der Waals surface area (Å²) < 4.78 is 22.3. The number of allylic oxidation sites excluding steroid dienone is 1. The lowest BCUT2D eigenvalue weighted by Gasteiger charge is -1.75. The Labute approximate surface area is 48.4 Å². The molecule has 0 rings (SSSR count). The summed E-state index contributed by atoms with van der Waals surface area (Å²) in [6.07, 6.45) is -0.0353. The smallest absolute Gasteiger partial charge is 0.138 e. The van der Waals surface area contributed by atoms with E-state index in [0.29, 0.717) is 0 Å². The lowest BCUT2D eigenvalue weighted by Crippen LogP contribution is -1.65. The number of alkyl halides is 1. The first kappa shape index (κ1) is 6.33. The van der Waals surface area contributed by atoms with Crippen LogP contribution < -0.4 is 0 Å². The highest BCUT2D eigenvalue weighted by atomic mass is 127. The van der Waals surface area contributed by atoms with Crippen LogP contribution in [0.3, 0.4) is 0 Å². The fraction of sp³-hybridized carbons (Fsp3) is 0.333. The highest BCUT2D eigenvalue weighted by Crippen LogP contribution is 1.99. The second kappa shape index (κ2) is 3.52. The average molecular weight is 204 g/mol. The van der Waals surface area contributed by atoms with Gasteiger partial charge in [-0.2, -0.15) is 0 Å². The van der Waals surface area contributed by atoms with Crippen LogP contribution in [-0.4, -0.2) is 4.43 Å². The lowest BCUT2D eigenvalue weighted by atomic mass is 10.7. The molecule has 0 radical (unpaired) electrons. The summed E-state index contributed by atoms with van der Waals surface area (Å²) in [6.45, 7) is 0. The molecular formula is C3H3F2I. The third kappa shape index (κ3) is 2.56. The highest BCUT2D eigenvalue weighted by molar-refractivity contribution is 14.1. The van der Waals surface area contributed by atoms with Gasteiger partial charge in [-0.25, -0.2) is 8.78 Å². The topological polar surface area (TPSA) is 0 Å². The third-order valence-electron chi connectivity index (χ3n) is 0.246. The Balaban J connectivity index is 3.22. The Morgan fingerprint density at radius 3 is 2.33 bits per heavy atom. The van der Waals surface area contributed by atoms with Crippen LogP contribution in [0.15, 0.2) is 12.2 Å². The zero-order valence-electron chi connectivity index (χ0n) is 2.92. The van der Waals surface area contributed by atoms with Gasteiger partial charge in [0.15, 0.2) is 0 Å². The normalized spacial score (nSPS) is 12.2. The molecule has 0 aromatic rings. The molecule has 0 aliphatic rings. The van der Waals surface area contributed by atoms with E-state index in [4.69, 9.17) is 0 Å². The van der Waals surface area contributed by atoms with Gasteiger partial charge in [0, 0.05) is 0 Å². The fourth-order valence-corrected chi connectivity index (χ4v) is 0.196. The second-order valence-corrected chi connectivity index (χ2v) is 1.45. The molecule has 0 bridgehead atoms. The SMILES string of the molecule is FC=C(F)CI. The molecule has 3 heteroatoms. The first-order chi connectivity index (χ1) is 2.81. The number of hydrogen-bond donors (Lipinski definition) is 0. The molecule has 0 aliphatic heterocycles. The summed E-state index contributed by atoms with van der Waals surface area (Å²) in [7, 11) is 0. The van der Waals surface area contributed by atoms with Gasteiger partial charge in [-0.3, -0.25) is 0 Å². The van der Waals surface area contributed by atoms with E-state index in [2.05, 4.69) is 0 Å². The van der Waals surface area contributed by atoms with Crippen LogP contribution in [0.4, 0.5) is 8.78 Å². The molecule has 0 aromatic carbocycles. The van der Waals surface area contributed by atoms with Crippen LogP contribution in [-0.2, 0) is 0 Å². The molecule has 0 saturated carbocycles. The summed E-state index contributed by atoms with van der Waals surface area (Å²) in [5.41, 5.74) is 0. The summed E-state index contributed by atoms with van der Waals surface area (Å²) in [5, 5.41) is 0. The summed E-state index contributed by atoms with van der Waals surface area (Å²) in [6, 6.07) is 0. The molecule has 36 valence electrons. The van der Waals surface area contributed by atoms with Crippen molar-refractivity contribution in [1.82, 2.24) is 0 Å². The van der Waals surface area contributed by atoms with Gasteiger partial charge in [-0.15, -0.1) is 0 Å². The van der Waals surface area contributed by atoms with Gasteiger partial charge in [0.25, 0.3) is 0 Å². The van der Waals surface area contributed by atoms with Crippen LogP contribution in [0.2, 0.25) is 0 Å². The van der Waals surface area contributed by atoms with Gasteiger partial charge in [-0.1, -0.05) is 22.6 Å². The largest absolute Gasteiger partial charge is 0.213 e. The summed E-state index contributed by atoms with van der Waals surface area (Å²) >= 11 is 1.73. The van der Waals surface area contributed by atoms with E-state index in [1.807, 2.05) is 0 Å². The van der Waals surface area contributed by atoms with E-state index in [1.165, 1.54) is 0 Å². The van der Waals surface area contributed by atoms with Crippen molar-refractivity contribution in [2.45, 2.75) is 0 Å². The lowest BCUT2D eigenvalue weighted by molar-refractivity contribution is 0.592. The van der Waals surface area contributed by atoms with Crippen LogP contribution in [0, 0.1) is 0 Å². The van der Waals surface area contributed by atoms with Crippen LogP contribution in [0.1, 0.15) is 0 Å². The highest BCUT2D eigenvalue weighted by Gasteiger charge is 1.83. The molecule has 0 heterocycles. The van der Waals surface area contributed by atoms with E-state index in [-0.39, 0.29) is 10.8 Å². The first-order valence-electron chi connectivity index (χ1n) is 1.32. The van der Waals surface area contributed by atoms with Crippen molar-refractivity contribution in [2.24, 2.45) is 0 Å². The van der Waals surface area contributed by atoms with E-state index in [1.54, 1.807) is 22.6 Å². The Morgan fingerprint density at radius 2 is 2.33 bits per heavy atom. The molecule has 0 aromatic heterocycles. The maximum absolute atomic E-state index is 11.3. The van der Waals surface area contributed by atoms with E-state index in [0.717, 1.165) is 0 Å². The monoisotopic (exact) mass is 204 g/mol. The Hall–Kier alpha value is 0.330. The van der Waals surface area contributed by atoms with Gasteiger partial charge in [0.05, 0.1) is 4.43 Å². The zero-order valence-corrected chi connectivity index (χ0v) is 5.08. The van der Waals surface area contributed by atoms with Crippen LogP contribution in [0.5, 0.6) is 0 Å². The predicted molar refractivity (Wildman–Crippen MR) is 29.2 cm³/mol. The molecule has 0 spiro atoms. The van der Waals surface area contributed by atoms with Crippen LogP contribution >= 0.6 is 22.6 Å². The van der Waals surface area contributed by atoms with Gasteiger partial charge < -0.3 is 0 Å². The zero-order chi connectivity index (χ0) is 4.99. The molecule has 0 N–H and O–H groups in total. The fourth-order valence-electron chi connectivity index (χ4n) is 0.0292. The molecule has 6 heavy (non-hydrogen) atoms. The Bertz CT molecular complexity index is 59.8. The standard InChI is InChI=1S/C3H3F2I/c4-1-3(5)2-6/h1H,2H2. The predicted octanol–water partition coefficient (Wildman–Crippen LogP) is 2.20. The van der Waals surface area contributed by atoms with Crippen molar-refractivity contribution in [2.75, 3.05) is 4.43 Å². The number of hydrogen-bond acceptors (Lipinski definition) is 0. The molecule has 0 nitrogen and oxygen atoms in total. The van der Waals surface area contributed by atoms with Crippen molar-refractivity contribution in [3.05, 3.63) is 12.2 Å². The maximum Gasteiger partial charge on any atom is 0.138 e. The van der Waals surface area contributed by atoms with Crippen molar-refractivity contribution >= 4 is 22.6 Å². The van der Waals surface area contributed by atoms with E-state index >= 15 is 0 Å². The van der Waals surface area contributed by atoms with Gasteiger partial charge in [0.2, 0.25) is 0 Å². The van der Waals surface area contributed by atoms with Gasteiger partial charge >= 0.3 is 0 Å². The molecule has 0 amide bonds. The molecular weight excluding hydrogens is 201 g/mol. The Morgan fingerprint density at radius 1 is 1.83 bits per heavy atom. The van der Waals surface area contributed by atoms with E-state index < -0.39 is 5.83 Å². The van der Waals surface area contributed by atoms with Crippen molar-refractivity contribution in [3.8, 4) is 0 Å². The van der Waals surface area contributed by atoms with Crippen LogP contribution in [0.25, 0.3) is 0 Å². The number of halogens is 3. The molecule has 0 unspecified atom stereocenters. The minimum absolute atomic E-state index is 0.0353. The molecule has 0 fully saturated rings. The van der Waals surface area contributed by atoms with Crippen molar-refractivity contribution in [1.29, 1.82) is 0 Å². The van der Waals surface area contributed by atoms with Gasteiger partial charge in [-0.05, 0) is 0 Å². The molecule has 0 saturated heterocycles. The minimum atomic E-state index is -0.712. The first-order valence-corrected chi connectivity index (χ1v) is 2.84. The minimum Gasteiger partial charge on any atom is -0.213 e. The molecule has 0 aliphatic carbocycles. The van der Waals surface area contributed by atoms with Gasteiger partial charge in [0.1, 0.15) is 12.2 Å². The maximum atomic E-state index is 11.3. The van der Waals surface area contributed by atoms with Crippen molar-refractivity contribution < 1.29 is 8.78 Å². The van der Waals surface area contributed by atoms with Crippen molar-refractivity contribution in [3.63, 3.8) is 0 Å². The third-order valence-corrected chi connectivity index (χ3v) is 0.975.